The molecule has 0 N–H and O–H groups in total. The lowest BCUT2D eigenvalue weighted by Gasteiger charge is -2.15. The molecule has 2 fully saturated rings. The average Bonchev–Trinajstić information content (AvgIpc) is 3.47. The third-order valence-electron chi connectivity index (χ3n) is 5.66. The highest BCUT2D eigenvalue weighted by molar-refractivity contribution is 7.89. The van der Waals surface area contributed by atoms with Gasteiger partial charge in [0.2, 0.25) is 15.9 Å². The molecule has 4 rings (SSSR count). The van der Waals surface area contributed by atoms with Crippen molar-refractivity contribution in [1.82, 2.24) is 14.4 Å². The van der Waals surface area contributed by atoms with Gasteiger partial charge in [0.1, 0.15) is 0 Å². The van der Waals surface area contributed by atoms with Gasteiger partial charge in [-0.2, -0.15) is 9.29 Å². The SMILES string of the molecule is O=S(=O)(c1ccccc1)N1CCC(c2nc(CCOCC3CCCC3)no2)C1. The molecule has 0 amide bonds. The predicted molar refractivity (Wildman–Crippen MR) is 103 cm³/mol. The highest BCUT2D eigenvalue weighted by Gasteiger charge is 2.35. The van der Waals surface area contributed by atoms with Crippen LogP contribution in [0.25, 0.3) is 0 Å². The molecule has 0 spiro atoms. The highest BCUT2D eigenvalue weighted by atomic mass is 32.2. The van der Waals surface area contributed by atoms with E-state index < -0.39 is 10.0 Å². The van der Waals surface area contributed by atoms with Crippen molar-refractivity contribution in [3.8, 4) is 0 Å². The lowest BCUT2D eigenvalue weighted by Crippen LogP contribution is -2.28. The minimum absolute atomic E-state index is 0.0563. The Labute approximate surface area is 166 Å². The maximum absolute atomic E-state index is 12.7. The van der Waals surface area contributed by atoms with Crippen LogP contribution in [0.5, 0.6) is 0 Å². The summed E-state index contributed by atoms with van der Waals surface area (Å²) in [6.07, 6.45) is 6.49. The number of benzene rings is 1. The maximum atomic E-state index is 12.7. The highest BCUT2D eigenvalue weighted by Crippen LogP contribution is 2.30. The zero-order valence-electron chi connectivity index (χ0n) is 16.0. The summed E-state index contributed by atoms with van der Waals surface area (Å²) in [5.74, 6) is 1.80. The minimum Gasteiger partial charge on any atom is -0.381 e. The second kappa shape index (κ2) is 8.71. The first-order chi connectivity index (χ1) is 13.6. The van der Waals surface area contributed by atoms with Gasteiger partial charge in [-0.3, -0.25) is 0 Å². The van der Waals surface area contributed by atoms with E-state index in [1.54, 1.807) is 24.3 Å². The van der Waals surface area contributed by atoms with Crippen LogP contribution in [0.2, 0.25) is 0 Å². The van der Waals surface area contributed by atoms with Gasteiger partial charge in [0.25, 0.3) is 0 Å². The van der Waals surface area contributed by atoms with Crippen LogP contribution in [0.4, 0.5) is 0 Å². The number of hydrogen-bond acceptors (Lipinski definition) is 6. The van der Waals surface area contributed by atoms with Gasteiger partial charge in [0, 0.05) is 26.1 Å². The molecule has 2 heterocycles. The van der Waals surface area contributed by atoms with Gasteiger partial charge in [0.05, 0.1) is 17.4 Å². The van der Waals surface area contributed by atoms with Crippen LogP contribution >= 0.6 is 0 Å². The second-order valence-corrected chi connectivity index (χ2v) is 9.62. The van der Waals surface area contributed by atoms with Crippen molar-refractivity contribution in [2.24, 2.45) is 5.92 Å². The van der Waals surface area contributed by atoms with Gasteiger partial charge in [-0.1, -0.05) is 36.2 Å². The Morgan fingerprint density at radius 1 is 1.14 bits per heavy atom. The first-order valence-corrected chi connectivity index (χ1v) is 11.5. The van der Waals surface area contributed by atoms with Crippen molar-refractivity contribution < 1.29 is 17.7 Å². The Bertz CT molecular complexity index is 863. The summed E-state index contributed by atoms with van der Waals surface area (Å²) in [6.45, 7) is 2.25. The molecule has 1 aromatic heterocycles. The molecule has 1 unspecified atom stereocenters. The van der Waals surface area contributed by atoms with E-state index in [4.69, 9.17) is 9.26 Å². The van der Waals surface area contributed by atoms with Gasteiger partial charge in [0.15, 0.2) is 5.82 Å². The van der Waals surface area contributed by atoms with Gasteiger partial charge in [-0.25, -0.2) is 8.42 Å². The standard InChI is InChI=1S/C20H27N3O4S/c24-28(25,18-8-2-1-3-9-18)23-12-10-17(14-23)20-21-19(22-27-20)11-13-26-15-16-6-4-5-7-16/h1-3,8-9,16-17H,4-7,10-15H2. The Kier molecular flexibility index (Phi) is 6.08. The molecule has 1 aliphatic heterocycles. The topological polar surface area (TPSA) is 85.5 Å². The largest absolute Gasteiger partial charge is 0.381 e. The van der Waals surface area contributed by atoms with E-state index in [2.05, 4.69) is 10.1 Å². The van der Waals surface area contributed by atoms with Crippen LogP contribution in [0, 0.1) is 5.92 Å². The maximum Gasteiger partial charge on any atom is 0.243 e. The first-order valence-electron chi connectivity index (χ1n) is 10.1. The molecule has 2 aliphatic rings. The third kappa shape index (κ3) is 4.45. The predicted octanol–water partition coefficient (Wildman–Crippen LogP) is 3.00. The smallest absolute Gasteiger partial charge is 0.243 e. The Morgan fingerprint density at radius 2 is 1.93 bits per heavy atom. The number of aromatic nitrogens is 2. The zero-order valence-corrected chi connectivity index (χ0v) is 16.8. The normalized spacial score (nSPS) is 21.5. The molecular weight excluding hydrogens is 378 g/mol. The first kappa shape index (κ1) is 19.5. The number of sulfonamides is 1. The van der Waals surface area contributed by atoms with E-state index in [1.807, 2.05) is 6.07 Å². The molecule has 1 saturated heterocycles. The number of ether oxygens (including phenoxy) is 1. The molecule has 7 nitrogen and oxygen atoms in total. The summed E-state index contributed by atoms with van der Waals surface area (Å²) < 4.78 is 38.2. The molecular formula is C20H27N3O4S. The van der Waals surface area contributed by atoms with Crippen LogP contribution in [0.3, 0.4) is 0 Å². The van der Waals surface area contributed by atoms with Gasteiger partial charge < -0.3 is 9.26 Å². The van der Waals surface area contributed by atoms with Crippen LogP contribution in [-0.4, -0.2) is 49.2 Å². The lowest BCUT2D eigenvalue weighted by molar-refractivity contribution is 0.102. The van der Waals surface area contributed by atoms with E-state index >= 15 is 0 Å². The van der Waals surface area contributed by atoms with Crippen LogP contribution < -0.4 is 0 Å². The molecule has 1 atom stereocenters. The van der Waals surface area contributed by atoms with Crippen LogP contribution in [0.1, 0.15) is 49.7 Å². The Hall–Kier alpha value is -1.77. The van der Waals surface area contributed by atoms with E-state index in [9.17, 15) is 8.42 Å². The number of hydrogen-bond donors (Lipinski definition) is 0. The van der Waals surface area contributed by atoms with Crippen LogP contribution in [-0.2, 0) is 21.2 Å². The number of rotatable bonds is 8. The molecule has 28 heavy (non-hydrogen) atoms. The molecule has 2 aromatic rings. The van der Waals surface area contributed by atoms with Crippen LogP contribution in [0.15, 0.2) is 39.8 Å². The summed E-state index contributed by atoms with van der Waals surface area (Å²) >= 11 is 0. The van der Waals surface area contributed by atoms with E-state index in [0.717, 1.165) is 6.61 Å². The van der Waals surface area contributed by atoms with Gasteiger partial charge in [-0.15, -0.1) is 0 Å². The molecule has 0 bridgehead atoms. The molecule has 0 radical (unpaired) electrons. The zero-order chi connectivity index (χ0) is 19.4. The molecule has 1 aromatic carbocycles. The Balaban J connectivity index is 1.28. The van der Waals surface area contributed by atoms with Crippen molar-refractivity contribution in [3.05, 3.63) is 42.0 Å². The van der Waals surface area contributed by atoms with Gasteiger partial charge >= 0.3 is 0 Å². The van der Waals surface area contributed by atoms with E-state index in [1.165, 1.54) is 30.0 Å². The molecule has 1 aliphatic carbocycles. The van der Waals surface area contributed by atoms with Crippen molar-refractivity contribution in [2.45, 2.75) is 49.3 Å². The van der Waals surface area contributed by atoms with Crippen molar-refractivity contribution in [2.75, 3.05) is 26.3 Å². The molecule has 8 heteroatoms. The summed E-state index contributed by atoms with van der Waals surface area (Å²) in [5.41, 5.74) is 0. The second-order valence-electron chi connectivity index (χ2n) is 7.69. The summed E-state index contributed by atoms with van der Waals surface area (Å²) in [5, 5.41) is 4.04. The summed E-state index contributed by atoms with van der Waals surface area (Å²) in [7, 11) is -3.48. The fourth-order valence-electron chi connectivity index (χ4n) is 4.01. The lowest BCUT2D eigenvalue weighted by atomic mass is 10.1. The van der Waals surface area contributed by atoms with Gasteiger partial charge in [-0.05, 0) is 37.3 Å². The summed E-state index contributed by atoms with van der Waals surface area (Å²) in [6, 6.07) is 8.53. The van der Waals surface area contributed by atoms with E-state index in [-0.39, 0.29) is 5.92 Å². The fraction of sp³-hybridized carbons (Fsp3) is 0.600. The fourth-order valence-corrected chi connectivity index (χ4v) is 5.54. The van der Waals surface area contributed by atoms with Crippen molar-refractivity contribution >= 4 is 10.0 Å². The minimum atomic E-state index is -3.48. The quantitative estimate of drug-likeness (QED) is 0.628. The summed E-state index contributed by atoms with van der Waals surface area (Å²) in [4.78, 5) is 4.79. The average molecular weight is 406 g/mol. The molecule has 1 saturated carbocycles. The van der Waals surface area contributed by atoms with Crippen molar-refractivity contribution in [1.29, 1.82) is 0 Å². The molecule has 152 valence electrons. The van der Waals surface area contributed by atoms with Crippen molar-refractivity contribution in [3.63, 3.8) is 0 Å². The third-order valence-corrected chi connectivity index (χ3v) is 7.54. The Morgan fingerprint density at radius 3 is 2.71 bits per heavy atom. The number of nitrogens with zero attached hydrogens (tertiary/aromatic N) is 3. The van der Waals surface area contributed by atoms with E-state index in [0.29, 0.717) is 55.1 Å². The monoisotopic (exact) mass is 405 g/mol.